The quantitative estimate of drug-likeness (QED) is 0.177. The molecular weight excluding hydrogens is 695 g/mol. The number of aromatic nitrogens is 5. The molecule has 0 atom stereocenters. The van der Waals surface area contributed by atoms with Crippen molar-refractivity contribution in [3.8, 4) is 39.4 Å². The molecule has 8 aromatic carbocycles. The van der Waals surface area contributed by atoms with Crippen LogP contribution in [0.4, 0.5) is 0 Å². The van der Waals surface area contributed by atoms with Gasteiger partial charge < -0.3 is 9.13 Å². The SMILES string of the molecule is c1ccc(-n2c3ccccc3c3cc(-c4ccc5c(c4)c4cc(-c6ccc7c(c6)c6ccccc6n7-c6ccccc6)ccc4n5-c4cnccn4)ccc32)cc1. The van der Waals surface area contributed by atoms with Gasteiger partial charge >= 0.3 is 0 Å². The molecule has 0 spiro atoms. The highest BCUT2D eigenvalue weighted by atomic mass is 15.1. The Bertz CT molecular complexity index is 3290. The average molecular weight is 728 g/mol. The standard InChI is InChI=1S/C52H33N5/c1-3-11-38(12-4-1)55-46-17-9-7-15-40(46)42-29-34(19-23-48(42)55)36-21-25-50-44(31-36)45-32-37(22-26-51(45)57(50)52-33-53-27-28-54-52)35-20-24-49-43(30-35)41-16-8-10-18-47(41)56(49)39-13-5-2-6-14-39/h1-33H. The summed E-state index contributed by atoms with van der Waals surface area (Å²) in [6.45, 7) is 0. The normalized spacial score (nSPS) is 11.9. The lowest BCUT2D eigenvalue weighted by Crippen LogP contribution is -1.97. The highest BCUT2D eigenvalue weighted by molar-refractivity contribution is 6.14. The summed E-state index contributed by atoms with van der Waals surface area (Å²) in [5.74, 6) is 0.795. The first-order valence-corrected chi connectivity index (χ1v) is 19.3. The van der Waals surface area contributed by atoms with E-state index in [9.17, 15) is 0 Å². The van der Waals surface area contributed by atoms with Crippen LogP contribution < -0.4 is 0 Å². The Morgan fingerprint density at radius 1 is 0.298 bits per heavy atom. The number of nitrogens with zero attached hydrogens (tertiary/aromatic N) is 5. The third-order valence-corrected chi connectivity index (χ3v) is 11.6. The zero-order valence-electron chi connectivity index (χ0n) is 30.8. The molecule has 4 aromatic heterocycles. The van der Waals surface area contributed by atoms with Crippen molar-refractivity contribution < 1.29 is 0 Å². The lowest BCUT2D eigenvalue weighted by molar-refractivity contribution is 1.04. The fourth-order valence-electron chi connectivity index (χ4n) is 9.05. The Morgan fingerprint density at radius 2 is 0.667 bits per heavy atom. The summed E-state index contributed by atoms with van der Waals surface area (Å²) >= 11 is 0. The lowest BCUT2D eigenvalue weighted by atomic mass is 9.98. The van der Waals surface area contributed by atoms with E-state index in [0.29, 0.717) is 0 Å². The highest BCUT2D eigenvalue weighted by Crippen LogP contribution is 2.40. The molecule has 4 heterocycles. The molecule has 0 saturated carbocycles. The number of hydrogen-bond donors (Lipinski definition) is 0. The second kappa shape index (κ2) is 12.4. The van der Waals surface area contributed by atoms with E-state index >= 15 is 0 Å². The summed E-state index contributed by atoms with van der Waals surface area (Å²) < 4.78 is 6.97. The van der Waals surface area contributed by atoms with Gasteiger partial charge in [-0.05, 0) is 107 Å². The molecule has 0 aliphatic carbocycles. The summed E-state index contributed by atoms with van der Waals surface area (Å²) in [5.41, 5.74) is 14.0. The van der Waals surface area contributed by atoms with Crippen LogP contribution in [0.15, 0.2) is 201 Å². The molecule has 0 aliphatic rings. The van der Waals surface area contributed by atoms with Crippen LogP contribution in [0.1, 0.15) is 0 Å². The van der Waals surface area contributed by atoms with Gasteiger partial charge in [0, 0.05) is 56.1 Å². The van der Waals surface area contributed by atoms with Crippen LogP contribution >= 0.6 is 0 Å². The second-order valence-corrected chi connectivity index (χ2v) is 14.7. The van der Waals surface area contributed by atoms with E-state index < -0.39 is 0 Å². The molecule has 12 rings (SSSR count). The number of rotatable bonds is 5. The minimum atomic E-state index is 0.795. The summed E-state index contributed by atoms with van der Waals surface area (Å²) in [5, 5.41) is 7.30. The first kappa shape index (κ1) is 31.6. The van der Waals surface area contributed by atoms with Gasteiger partial charge in [0.15, 0.2) is 5.82 Å². The van der Waals surface area contributed by atoms with Gasteiger partial charge in [-0.3, -0.25) is 9.55 Å². The Hall–Kier alpha value is -7.76. The van der Waals surface area contributed by atoms with Crippen LogP contribution in [0.2, 0.25) is 0 Å². The third-order valence-electron chi connectivity index (χ3n) is 11.6. The summed E-state index contributed by atoms with van der Waals surface area (Å²) in [7, 11) is 0. The van der Waals surface area contributed by atoms with Crippen LogP contribution in [0.25, 0.3) is 105 Å². The molecule has 0 aliphatic heterocycles. The smallest absolute Gasteiger partial charge is 0.156 e. The average Bonchev–Trinajstić information content (AvgIpc) is 3.92. The maximum absolute atomic E-state index is 4.76. The van der Waals surface area contributed by atoms with Crippen molar-refractivity contribution in [3.05, 3.63) is 201 Å². The zero-order valence-corrected chi connectivity index (χ0v) is 30.8. The Balaban J connectivity index is 1.05. The molecular formula is C52H33N5. The predicted octanol–water partition coefficient (Wildman–Crippen LogP) is 13.1. The third kappa shape index (κ3) is 4.82. The van der Waals surface area contributed by atoms with E-state index in [4.69, 9.17) is 4.98 Å². The Kier molecular flexibility index (Phi) is 6.86. The van der Waals surface area contributed by atoms with Gasteiger partial charge in [0.25, 0.3) is 0 Å². The van der Waals surface area contributed by atoms with Crippen LogP contribution in [0.5, 0.6) is 0 Å². The molecule has 0 N–H and O–H groups in total. The topological polar surface area (TPSA) is 40.6 Å². The van der Waals surface area contributed by atoms with Crippen molar-refractivity contribution in [1.29, 1.82) is 0 Å². The molecule has 0 radical (unpaired) electrons. The molecule has 5 heteroatoms. The van der Waals surface area contributed by atoms with Gasteiger partial charge in [0.2, 0.25) is 0 Å². The van der Waals surface area contributed by atoms with Crippen LogP contribution in [-0.4, -0.2) is 23.7 Å². The number of benzene rings is 8. The summed E-state index contributed by atoms with van der Waals surface area (Å²) in [6.07, 6.45) is 5.33. The van der Waals surface area contributed by atoms with Crippen molar-refractivity contribution in [2.75, 3.05) is 0 Å². The van der Waals surface area contributed by atoms with E-state index in [1.807, 2.05) is 6.20 Å². The summed E-state index contributed by atoms with van der Waals surface area (Å²) in [6, 6.07) is 66.1. The second-order valence-electron chi connectivity index (χ2n) is 14.7. The van der Waals surface area contributed by atoms with E-state index in [0.717, 1.165) is 28.2 Å². The molecule has 266 valence electrons. The molecule has 5 nitrogen and oxygen atoms in total. The fourth-order valence-corrected chi connectivity index (χ4v) is 9.05. The summed E-state index contributed by atoms with van der Waals surface area (Å²) in [4.78, 5) is 9.21. The van der Waals surface area contributed by atoms with Crippen molar-refractivity contribution >= 4 is 65.4 Å². The minimum absolute atomic E-state index is 0.795. The van der Waals surface area contributed by atoms with E-state index in [-0.39, 0.29) is 0 Å². The Labute approximate surface area is 328 Å². The number of hydrogen-bond acceptors (Lipinski definition) is 2. The lowest BCUT2D eigenvalue weighted by Gasteiger charge is -2.09. The van der Waals surface area contributed by atoms with Gasteiger partial charge in [-0.2, -0.15) is 0 Å². The minimum Gasteiger partial charge on any atom is -0.309 e. The van der Waals surface area contributed by atoms with Gasteiger partial charge in [-0.25, -0.2) is 4.98 Å². The van der Waals surface area contributed by atoms with E-state index in [1.54, 1.807) is 12.4 Å². The monoisotopic (exact) mass is 727 g/mol. The van der Waals surface area contributed by atoms with Gasteiger partial charge in [-0.15, -0.1) is 0 Å². The molecule has 0 amide bonds. The number of para-hydroxylation sites is 4. The Morgan fingerprint density at radius 3 is 1.09 bits per heavy atom. The maximum atomic E-state index is 4.76. The largest absolute Gasteiger partial charge is 0.309 e. The molecule has 0 bridgehead atoms. The van der Waals surface area contributed by atoms with E-state index in [2.05, 4.69) is 201 Å². The van der Waals surface area contributed by atoms with Crippen LogP contribution in [0.3, 0.4) is 0 Å². The number of fused-ring (bicyclic) bond motifs is 9. The van der Waals surface area contributed by atoms with Gasteiger partial charge in [-0.1, -0.05) is 97.1 Å². The van der Waals surface area contributed by atoms with Gasteiger partial charge in [0.05, 0.1) is 39.3 Å². The molecule has 0 fully saturated rings. The van der Waals surface area contributed by atoms with Gasteiger partial charge in [0.1, 0.15) is 0 Å². The highest BCUT2D eigenvalue weighted by Gasteiger charge is 2.18. The van der Waals surface area contributed by atoms with Crippen LogP contribution in [0, 0.1) is 0 Å². The molecule has 12 aromatic rings. The van der Waals surface area contributed by atoms with Crippen molar-refractivity contribution in [1.82, 2.24) is 23.7 Å². The van der Waals surface area contributed by atoms with Crippen molar-refractivity contribution in [3.63, 3.8) is 0 Å². The maximum Gasteiger partial charge on any atom is 0.156 e. The fraction of sp³-hybridized carbons (Fsp3) is 0. The van der Waals surface area contributed by atoms with Crippen LogP contribution in [-0.2, 0) is 0 Å². The van der Waals surface area contributed by atoms with Crippen molar-refractivity contribution in [2.24, 2.45) is 0 Å². The molecule has 57 heavy (non-hydrogen) atoms. The van der Waals surface area contributed by atoms with Crippen molar-refractivity contribution in [2.45, 2.75) is 0 Å². The zero-order chi connectivity index (χ0) is 37.5. The van der Waals surface area contributed by atoms with E-state index in [1.165, 1.54) is 76.6 Å². The molecule has 0 unspecified atom stereocenters. The first-order valence-electron chi connectivity index (χ1n) is 19.3. The predicted molar refractivity (Wildman–Crippen MR) is 236 cm³/mol. The first-order chi connectivity index (χ1) is 28.3. The molecule has 0 saturated heterocycles.